The summed E-state index contributed by atoms with van der Waals surface area (Å²) in [6, 6.07) is 9.51. The maximum atomic E-state index is 3.57. The largest absolute Gasteiger partial charge is 0.347 e. The van der Waals surface area contributed by atoms with E-state index in [1.165, 1.54) is 35.7 Å². The quantitative estimate of drug-likeness (QED) is 0.778. The van der Waals surface area contributed by atoms with E-state index in [2.05, 4.69) is 47.3 Å². The van der Waals surface area contributed by atoms with Gasteiger partial charge in [-0.2, -0.15) is 0 Å². The van der Waals surface area contributed by atoms with Crippen LogP contribution in [0, 0.1) is 6.92 Å². The lowest BCUT2D eigenvalue weighted by Gasteiger charge is -2.06. The molecule has 17 heavy (non-hydrogen) atoms. The first-order valence-electron chi connectivity index (χ1n) is 6.62. The summed E-state index contributed by atoms with van der Waals surface area (Å²) in [4.78, 5) is 0. The molecule has 0 bridgehead atoms. The molecule has 1 N–H and O–H groups in total. The molecule has 0 unspecified atom stereocenters. The summed E-state index contributed by atoms with van der Waals surface area (Å²) < 4.78 is 2.39. The van der Waals surface area contributed by atoms with Gasteiger partial charge in [-0.3, -0.25) is 0 Å². The summed E-state index contributed by atoms with van der Waals surface area (Å²) in [6.07, 6.45) is 6.26. The highest BCUT2D eigenvalue weighted by Crippen LogP contribution is 2.21. The van der Waals surface area contributed by atoms with Crippen molar-refractivity contribution in [1.29, 1.82) is 0 Å². The van der Waals surface area contributed by atoms with Crippen molar-refractivity contribution < 1.29 is 0 Å². The van der Waals surface area contributed by atoms with Gasteiger partial charge in [0.25, 0.3) is 0 Å². The maximum absolute atomic E-state index is 3.57. The van der Waals surface area contributed by atoms with Crippen LogP contribution in [0.2, 0.25) is 0 Å². The fourth-order valence-electron chi connectivity index (χ4n) is 2.46. The van der Waals surface area contributed by atoms with Crippen molar-refractivity contribution in [3.8, 4) is 0 Å². The normalized spacial score (nSPS) is 15.6. The molecule has 0 amide bonds. The molecule has 1 aliphatic carbocycles. The van der Waals surface area contributed by atoms with Crippen LogP contribution in [0.15, 0.2) is 30.5 Å². The lowest BCUT2D eigenvalue weighted by Crippen LogP contribution is -2.18. The van der Waals surface area contributed by atoms with Gasteiger partial charge in [0.2, 0.25) is 0 Å². The van der Waals surface area contributed by atoms with E-state index in [0.717, 1.165) is 19.1 Å². The van der Waals surface area contributed by atoms with E-state index < -0.39 is 0 Å². The zero-order valence-corrected chi connectivity index (χ0v) is 10.4. The van der Waals surface area contributed by atoms with E-state index in [1.54, 1.807) is 0 Å². The summed E-state index contributed by atoms with van der Waals surface area (Å²) in [7, 11) is 0. The van der Waals surface area contributed by atoms with Crippen LogP contribution in [0.1, 0.15) is 24.8 Å². The molecule has 1 aliphatic rings. The van der Waals surface area contributed by atoms with Gasteiger partial charge in [-0.15, -0.1) is 0 Å². The predicted molar refractivity (Wildman–Crippen MR) is 72.3 cm³/mol. The molecule has 2 nitrogen and oxygen atoms in total. The number of aromatic nitrogens is 1. The smallest absolute Gasteiger partial charge is 0.0483 e. The zero-order chi connectivity index (χ0) is 11.7. The van der Waals surface area contributed by atoms with Gasteiger partial charge in [-0.1, -0.05) is 18.2 Å². The Morgan fingerprint density at radius 2 is 2.12 bits per heavy atom. The zero-order valence-electron chi connectivity index (χ0n) is 10.4. The number of fused-ring (bicyclic) bond motifs is 1. The van der Waals surface area contributed by atoms with E-state index >= 15 is 0 Å². The number of aryl methyl sites for hydroxylation is 2. The molecule has 1 saturated carbocycles. The van der Waals surface area contributed by atoms with Crippen molar-refractivity contribution >= 4 is 10.9 Å². The average molecular weight is 228 g/mol. The van der Waals surface area contributed by atoms with Crippen LogP contribution in [0.25, 0.3) is 10.9 Å². The van der Waals surface area contributed by atoms with Crippen molar-refractivity contribution in [3.63, 3.8) is 0 Å². The SMILES string of the molecule is Cc1cn(CCCNC2CC2)c2ccccc12. The van der Waals surface area contributed by atoms with Crippen LogP contribution < -0.4 is 5.32 Å². The molecule has 0 aliphatic heterocycles. The Balaban J connectivity index is 1.67. The third-order valence-corrected chi connectivity index (χ3v) is 3.57. The van der Waals surface area contributed by atoms with Crippen LogP contribution in [-0.2, 0) is 6.54 Å². The molecule has 0 atom stereocenters. The van der Waals surface area contributed by atoms with Crippen LogP contribution in [0.3, 0.4) is 0 Å². The minimum Gasteiger partial charge on any atom is -0.347 e. The van der Waals surface area contributed by atoms with Crippen molar-refractivity contribution in [2.24, 2.45) is 0 Å². The summed E-state index contributed by atoms with van der Waals surface area (Å²) in [6.45, 7) is 4.46. The first-order valence-corrected chi connectivity index (χ1v) is 6.62. The molecule has 3 rings (SSSR count). The highest BCUT2D eigenvalue weighted by Gasteiger charge is 2.19. The van der Waals surface area contributed by atoms with Crippen molar-refractivity contribution in [3.05, 3.63) is 36.0 Å². The topological polar surface area (TPSA) is 17.0 Å². The van der Waals surface area contributed by atoms with E-state index in [4.69, 9.17) is 0 Å². The molecular formula is C15H20N2. The van der Waals surface area contributed by atoms with E-state index in [0.29, 0.717) is 0 Å². The van der Waals surface area contributed by atoms with Gasteiger partial charge in [-0.25, -0.2) is 0 Å². The molecule has 90 valence electrons. The Hall–Kier alpha value is -1.28. The lowest BCUT2D eigenvalue weighted by atomic mass is 10.2. The molecule has 1 aromatic carbocycles. The van der Waals surface area contributed by atoms with E-state index in [-0.39, 0.29) is 0 Å². The average Bonchev–Trinajstić information content (AvgIpc) is 3.12. The van der Waals surface area contributed by atoms with Gasteiger partial charge >= 0.3 is 0 Å². The third kappa shape index (κ3) is 2.37. The van der Waals surface area contributed by atoms with Crippen molar-refractivity contribution in [1.82, 2.24) is 9.88 Å². The first-order chi connectivity index (χ1) is 8.34. The second-order valence-corrected chi connectivity index (χ2v) is 5.10. The molecule has 1 heterocycles. The maximum Gasteiger partial charge on any atom is 0.0483 e. The molecule has 1 fully saturated rings. The Bertz CT molecular complexity index is 509. The van der Waals surface area contributed by atoms with Gasteiger partial charge in [0.05, 0.1) is 0 Å². The molecule has 0 saturated heterocycles. The number of nitrogens with zero attached hydrogens (tertiary/aromatic N) is 1. The fraction of sp³-hybridized carbons (Fsp3) is 0.467. The number of hydrogen-bond donors (Lipinski definition) is 1. The number of para-hydroxylation sites is 1. The van der Waals surface area contributed by atoms with Crippen LogP contribution in [0.4, 0.5) is 0 Å². The number of benzene rings is 1. The minimum absolute atomic E-state index is 0.832. The van der Waals surface area contributed by atoms with Gasteiger partial charge in [0.15, 0.2) is 0 Å². The molecule has 0 spiro atoms. The van der Waals surface area contributed by atoms with Gasteiger partial charge < -0.3 is 9.88 Å². The fourth-order valence-corrected chi connectivity index (χ4v) is 2.46. The highest BCUT2D eigenvalue weighted by atomic mass is 15.0. The van der Waals surface area contributed by atoms with Crippen LogP contribution in [-0.4, -0.2) is 17.2 Å². The molecular weight excluding hydrogens is 208 g/mol. The van der Waals surface area contributed by atoms with E-state index in [1.807, 2.05) is 0 Å². The molecule has 2 heteroatoms. The summed E-state index contributed by atoms with van der Waals surface area (Å²) >= 11 is 0. The lowest BCUT2D eigenvalue weighted by molar-refractivity contribution is 0.588. The second-order valence-electron chi connectivity index (χ2n) is 5.10. The Morgan fingerprint density at radius 1 is 1.29 bits per heavy atom. The van der Waals surface area contributed by atoms with Gasteiger partial charge in [0, 0.05) is 29.7 Å². The standard InChI is InChI=1S/C15H20N2/c1-12-11-17(10-4-9-16-13-7-8-13)15-6-3-2-5-14(12)15/h2-3,5-6,11,13,16H,4,7-10H2,1H3. The van der Waals surface area contributed by atoms with Crippen molar-refractivity contribution in [2.75, 3.05) is 6.54 Å². The molecule has 0 radical (unpaired) electrons. The summed E-state index contributed by atoms with van der Waals surface area (Å²) in [5, 5.41) is 4.96. The minimum atomic E-state index is 0.832. The number of rotatable bonds is 5. The number of hydrogen-bond acceptors (Lipinski definition) is 1. The number of nitrogens with one attached hydrogen (secondary N) is 1. The van der Waals surface area contributed by atoms with Gasteiger partial charge in [-0.05, 0) is 44.4 Å². The Kier molecular flexibility index (Phi) is 2.89. The van der Waals surface area contributed by atoms with Crippen LogP contribution in [0.5, 0.6) is 0 Å². The second kappa shape index (κ2) is 4.53. The third-order valence-electron chi connectivity index (χ3n) is 3.57. The predicted octanol–water partition coefficient (Wildman–Crippen LogP) is 3.09. The van der Waals surface area contributed by atoms with E-state index in [9.17, 15) is 0 Å². The van der Waals surface area contributed by atoms with Crippen molar-refractivity contribution in [2.45, 2.75) is 38.8 Å². The Labute approximate surface area is 103 Å². The first kappa shape index (κ1) is 10.8. The van der Waals surface area contributed by atoms with Crippen LogP contribution >= 0.6 is 0 Å². The highest BCUT2D eigenvalue weighted by molar-refractivity contribution is 5.83. The Morgan fingerprint density at radius 3 is 2.94 bits per heavy atom. The van der Waals surface area contributed by atoms with Gasteiger partial charge in [0.1, 0.15) is 0 Å². The summed E-state index contributed by atoms with van der Waals surface area (Å²) in [5.41, 5.74) is 2.76. The summed E-state index contributed by atoms with van der Waals surface area (Å²) in [5.74, 6) is 0. The molecule has 1 aromatic heterocycles. The molecule has 2 aromatic rings. The monoisotopic (exact) mass is 228 g/mol.